The Morgan fingerprint density at radius 3 is 1.98 bits per heavy atom. The van der Waals surface area contributed by atoms with Crippen LogP contribution >= 0.6 is 11.8 Å². The predicted molar refractivity (Wildman–Crippen MR) is 195 cm³/mol. The third-order valence-electron chi connectivity index (χ3n) is 8.67. The zero-order valence-electron chi connectivity index (χ0n) is 27.3. The molecule has 8 nitrogen and oxygen atoms in total. The Balaban J connectivity index is 1.14. The van der Waals surface area contributed by atoms with Crippen molar-refractivity contribution in [3.63, 3.8) is 0 Å². The van der Waals surface area contributed by atoms with Gasteiger partial charge < -0.3 is 19.0 Å². The number of nitrogens with one attached hydrogen (secondary N) is 1. The van der Waals surface area contributed by atoms with Crippen LogP contribution in [-0.4, -0.2) is 30.4 Å². The third kappa shape index (κ3) is 7.55. The average molecular weight is 705 g/mol. The van der Waals surface area contributed by atoms with E-state index in [1.54, 1.807) is 42.5 Å². The number of aliphatic hydroxyl groups excluding tert-OH is 1. The van der Waals surface area contributed by atoms with E-state index in [4.69, 9.17) is 18.9 Å². The van der Waals surface area contributed by atoms with E-state index >= 15 is 0 Å². The van der Waals surface area contributed by atoms with Crippen LogP contribution in [0.1, 0.15) is 36.0 Å². The first-order valence-corrected chi connectivity index (χ1v) is 18.8. The molecule has 0 spiro atoms. The number of ether oxygens (including phenoxy) is 2. The Bertz CT molecular complexity index is 2050. The number of hydrogen-bond acceptors (Lipinski definition) is 8. The highest BCUT2D eigenvalue weighted by Crippen LogP contribution is 2.44. The summed E-state index contributed by atoms with van der Waals surface area (Å²) in [7, 11) is -3.74. The fourth-order valence-electron chi connectivity index (χ4n) is 5.92. The molecule has 0 saturated carbocycles. The Kier molecular flexibility index (Phi) is 10.2. The molecule has 0 aliphatic carbocycles. The molecule has 4 atom stereocenters. The zero-order chi connectivity index (χ0) is 34.5. The molecule has 0 amide bonds. The first-order valence-electron chi connectivity index (χ1n) is 16.3. The highest BCUT2D eigenvalue weighted by Gasteiger charge is 2.38. The number of anilines is 1. The summed E-state index contributed by atoms with van der Waals surface area (Å²) in [6.45, 7) is 2.06. The molecule has 50 heavy (non-hydrogen) atoms. The molecular weight excluding hydrogens is 669 g/mol. The summed E-state index contributed by atoms with van der Waals surface area (Å²) >= 11 is 1.49. The molecule has 1 aliphatic rings. The van der Waals surface area contributed by atoms with E-state index in [1.165, 1.54) is 11.8 Å². The second-order valence-corrected chi connectivity index (χ2v) is 14.7. The molecule has 0 bridgehead atoms. The Labute approximate surface area is 296 Å². The molecular formula is C40H36N2O6S2. The average Bonchev–Trinajstić information content (AvgIpc) is 3.60. The van der Waals surface area contributed by atoms with Crippen molar-refractivity contribution in [3.05, 3.63) is 156 Å². The van der Waals surface area contributed by atoms with Gasteiger partial charge in [-0.25, -0.2) is 13.4 Å². The molecule has 4 unspecified atom stereocenters. The van der Waals surface area contributed by atoms with Crippen molar-refractivity contribution < 1.29 is 27.4 Å². The monoisotopic (exact) mass is 704 g/mol. The topological polar surface area (TPSA) is 111 Å². The van der Waals surface area contributed by atoms with Gasteiger partial charge in [-0.05, 0) is 35.4 Å². The van der Waals surface area contributed by atoms with Crippen LogP contribution in [0.4, 0.5) is 5.69 Å². The van der Waals surface area contributed by atoms with Crippen LogP contribution in [0.5, 0.6) is 0 Å². The van der Waals surface area contributed by atoms with Gasteiger partial charge in [0.2, 0.25) is 0 Å². The summed E-state index contributed by atoms with van der Waals surface area (Å²) in [5.41, 5.74) is 5.67. The molecule has 2 heterocycles. The van der Waals surface area contributed by atoms with Gasteiger partial charge in [-0.15, -0.1) is 0 Å². The van der Waals surface area contributed by atoms with E-state index in [9.17, 15) is 13.5 Å². The fourth-order valence-corrected chi connectivity index (χ4v) is 7.99. The molecule has 2 N–H and O–H groups in total. The lowest BCUT2D eigenvalue weighted by molar-refractivity contribution is -0.268. The quantitative estimate of drug-likeness (QED) is 0.129. The number of hydrogen-bond donors (Lipinski definition) is 2. The summed E-state index contributed by atoms with van der Waals surface area (Å²) < 4.78 is 48.1. The summed E-state index contributed by atoms with van der Waals surface area (Å²) in [5, 5.41) is 10.2. The van der Waals surface area contributed by atoms with E-state index in [1.807, 2.05) is 97.1 Å². The summed E-state index contributed by atoms with van der Waals surface area (Å²) in [6, 6.07) is 43.0. The van der Waals surface area contributed by atoms with Gasteiger partial charge in [-0.2, -0.15) is 0 Å². The molecule has 10 heteroatoms. The van der Waals surface area contributed by atoms with Crippen LogP contribution in [0.2, 0.25) is 0 Å². The zero-order valence-corrected chi connectivity index (χ0v) is 28.9. The van der Waals surface area contributed by atoms with Gasteiger partial charge in [0, 0.05) is 34.0 Å². The Morgan fingerprint density at radius 1 is 0.740 bits per heavy atom. The Hall–Kier alpha value is -4.71. The fraction of sp³-hybridized carbons (Fsp3) is 0.175. The lowest BCUT2D eigenvalue weighted by Crippen LogP contribution is -2.38. The van der Waals surface area contributed by atoms with Gasteiger partial charge >= 0.3 is 0 Å². The number of aromatic nitrogens is 1. The van der Waals surface area contributed by atoms with Gasteiger partial charge in [0.25, 0.3) is 15.2 Å². The van der Waals surface area contributed by atoms with Crippen molar-refractivity contribution in [1.82, 2.24) is 4.98 Å². The van der Waals surface area contributed by atoms with Crippen molar-refractivity contribution in [2.75, 3.05) is 10.5 Å². The van der Waals surface area contributed by atoms with Crippen LogP contribution < -0.4 is 4.72 Å². The highest BCUT2D eigenvalue weighted by atomic mass is 32.2. The lowest BCUT2D eigenvalue weighted by atomic mass is 9.91. The second kappa shape index (κ2) is 15.0. The molecule has 254 valence electrons. The van der Waals surface area contributed by atoms with Crippen molar-refractivity contribution >= 4 is 27.5 Å². The van der Waals surface area contributed by atoms with E-state index in [2.05, 4.69) is 11.6 Å². The second-order valence-electron chi connectivity index (χ2n) is 12.1. The molecule has 1 aromatic heterocycles. The van der Waals surface area contributed by atoms with E-state index in [0.29, 0.717) is 22.4 Å². The number of sulfonamides is 1. The van der Waals surface area contributed by atoms with Gasteiger partial charge in [-0.3, -0.25) is 4.72 Å². The van der Waals surface area contributed by atoms with E-state index in [0.717, 1.165) is 33.5 Å². The minimum absolute atomic E-state index is 0.0428. The standard InChI is InChI=1S/C40H36N2O6S2/c1-27-35(26-49-40-41-36(29-11-5-2-6-12-29)38(48-40)30-13-7-3-8-14-30)46-39(47-37(27)31-19-17-28(25-43)18-20-31)32-21-23-33(24-22-32)42-50(44,45)34-15-9-4-10-16-34/h2-24,27,35,37,39,42-43H,25-26H2,1H3. The van der Waals surface area contributed by atoms with Crippen molar-refractivity contribution in [3.8, 4) is 22.6 Å². The van der Waals surface area contributed by atoms with Crippen LogP contribution in [0.15, 0.2) is 154 Å². The van der Waals surface area contributed by atoms with Crippen molar-refractivity contribution in [2.24, 2.45) is 5.92 Å². The summed E-state index contributed by atoms with van der Waals surface area (Å²) in [5.74, 6) is 1.21. The summed E-state index contributed by atoms with van der Waals surface area (Å²) in [4.78, 5) is 5.12. The maximum Gasteiger partial charge on any atom is 0.261 e. The van der Waals surface area contributed by atoms with Crippen molar-refractivity contribution in [2.45, 2.75) is 42.1 Å². The molecule has 7 rings (SSSR count). The molecule has 5 aromatic carbocycles. The number of aliphatic hydroxyl groups is 1. The lowest BCUT2D eigenvalue weighted by Gasteiger charge is -2.41. The van der Waals surface area contributed by atoms with Crippen LogP contribution in [-0.2, 0) is 26.1 Å². The minimum Gasteiger partial charge on any atom is -0.431 e. The normalized spacial score (nSPS) is 19.2. The van der Waals surface area contributed by atoms with Crippen LogP contribution in [0.25, 0.3) is 22.6 Å². The van der Waals surface area contributed by atoms with Gasteiger partial charge in [0.1, 0.15) is 5.69 Å². The number of thioether (sulfide) groups is 1. The molecule has 1 aliphatic heterocycles. The van der Waals surface area contributed by atoms with Crippen LogP contribution in [0.3, 0.4) is 0 Å². The first-order chi connectivity index (χ1) is 24.4. The molecule has 0 radical (unpaired) electrons. The number of nitrogens with zero attached hydrogens (tertiary/aromatic N) is 1. The smallest absolute Gasteiger partial charge is 0.261 e. The van der Waals surface area contributed by atoms with Gasteiger partial charge in [0.05, 0.1) is 23.7 Å². The summed E-state index contributed by atoms with van der Waals surface area (Å²) in [6.07, 6.45) is -1.29. The maximum atomic E-state index is 12.9. The number of benzene rings is 5. The predicted octanol–water partition coefficient (Wildman–Crippen LogP) is 8.89. The SMILES string of the molecule is CC1C(CSc2nc(-c3ccccc3)c(-c3ccccc3)o2)OC(c2ccc(NS(=O)(=O)c3ccccc3)cc2)OC1c1ccc(CO)cc1. The number of rotatable bonds is 11. The largest absolute Gasteiger partial charge is 0.431 e. The van der Waals surface area contributed by atoms with E-state index in [-0.39, 0.29) is 29.6 Å². The van der Waals surface area contributed by atoms with Crippen LogP contribution in [0, 0.1) is 5.92 Å². The minimum atomic E-state index is -3.74. The van der Waals surface area contributed by atoms with Crippen molar-refractivity contribution in [1.29, 1.82) is 0 Å². The number of oxazole rings is 1. The molecule has 1 fully saturated rings. The Morgan fingerprint density at radius 2 is 1.34 bits per heavy atom. The maximum absolute atomic E-state index is 12.9. The molecule has 1 saturated heterocycles. The molecule has 6 aromatic rings. The first kappa shape index (κ1) is 33.8. The third-order valence-corrected chi connectivity index (χ3v) is 11.0. The van der Waals surface area contributed by atoms with Gasteiger partial charge in [0.15, 0.2) is 12.1 Å². The highest BCUT2D eigenvalue weighted by molar-refractivity contribution is 7.99. The van der Waals surface area contributed by atoms with E-state index < -0.39 is 16.3 Å². The van der Waals surface area contributed by atoms with Gasteiger partial charge in [-0.1, -0.05) is 134 Å².